The van der Waals surface area contributed by atoms with E-state index in [1.54, 1.807) is 11.3 Å². The van der Waals surface area contributed by atoms with E-state index >= 15 is 0 Å². The Morgan fingerprint density at radius 1 is 1.32 bits per heavy atom. The van der Waals surface area contributed by atoms with Crippen molar-refractivity contribution in [3.8, 4) is 10.7 Å². The molecule has 2 aliphatic carbocycles. The monoisotopic (exact) mass is 376 g/mol. The van der Waals surface area contributed by atoms with Crippen molar-refractivity contribution in [1.82, 2.24) is 19.7 Å². The maximum absolute atomic E-state index is 13.4. The lowest BCUT2D eigenvalue weighted by Crippen LogP contribution is -2.46. The molecule has 1 amide bonds. The van der Waals surface area contributed by atoms with Gasteiger partial charge in [-0.25, -0.2) is 0 Å². The number of nitrogens with zero attached hydrogens (tertiary/aromatic N) is 3. The summed E-state index contributed by atoms with van der Waals surface area (Å²) in [5.41, 5.74) is 0. The second kappa shape index (κ2) is 7.03. The Balaban J connectivity index is 1.63. The van der Waals surface area contributed by atoms with Crippen LogP contribution in [0.1, 0.15) is 57.9 Å². The minimum absolute atomic E-state index is 0.199. The molecule has 2 fully saturated rings. The quantitative estimate of drug-likeness (QED) is 0.779. The van der Waals surface area contributed by atoms with Gasteiger partial charge in [-0.1, -0.05) is 25.3 Å². The predicted molar refractivity (Wildman–Crippen MR) is 102 cm³/mol. The summed E-state index contributed by atoms with van der Waals surface area (Å²) in [5, 5.41) is 9.27. The van der Waals surface area contributed by atoms with E-state index in [1.165, 1.54) is 19.3 Å². The zero-order valence-electron chi connectivity index (χ0n) is 14.5. The molecule has 0 aromatic carbocycles. The van der Waals surface area contributed by atoms with E-state index in [2.05, 4.69) is 15.1 Å². The number of thiophene rings is 1. The Kier molecular flexibility index (Phi) is 4.78. The van der Waals surface area contributed by atoms with Gasteiger partial charge >= 0.3 is 0 Å². The van der Waals surface area contributed by atoms with E-state index in [0.29, 0.717) is 16.9 Å². The molecular formula is C18H24N4OS2. The van der Waals surface area contributed by atoms with Crippen LogP contribution >= 0.6 is 23.6 Å². The summed E-state index contributed by atoms with van der Waals surface area (Å²) in [7, 11) is 0. The Bertz CT molecular complexity index is 784. The molecule has 134 valence electrons. The summed E-state index contributed by atoms with van der Waals surface area (Å²) in [6.07, 6.45) is 8.34. The average molecular weight is 377 g/mol. The highest BCUT2D eigenvalue weighted by Gasteiger charge is 2.40. The number of hydrogen-bond acceptors (Lipinski definition) is 4. The zero-order valence-corrected chi connectivity index (χ0v) is 16.1. The van der Waals surface area contributed by atoms with Gasteiger partial charge in [-0.3, -0.25) is 14.5 Å². The number of carbonyl (C=O) groups excluding carboxylic acids is 1. The molecule has 1 unspecified atom stereocenters. The molecule has 2 saturated carbocycles. The number of nitrogens with one attached hydrogen (secondary N) is 1. The van der Waals surface area contributed by atoms with E-state index in [9.17, 15) is 4.79 Å². The number of aromatic nitrogens is 3. The first-order valence-electron chi connectivity index (χ1n) is 9.20. The van der Waals surface area contributed by atoms with Gasteiger partial charge in [0.15, 0.2) is 10.6 Å². The van der Waals surface area contributed by atoms with Crippen molar-refractivity contribution in [2.45, 2.75) is 70.0 Å². The lowest BCUT2D eigenvalue weighted by Gasteiger charge is -2.36. The van der Waals surface area contributed by atoms with Crippen molar-refractivity contribution < 1.29 is 4.79 Å². The molecule has 0 bridgehead atoms. The third-order valence-corrected chi connectivity index (χ3v) is 6.51. The van der Waals surface area contributed by atoms with Crippen molar-refractivity contribution in [3.63, 3.8) is 0 Å². The fourth-order valence-corrected chi connectivity index (χ4v) is 4.94. The van der Waals surface area contributed by atoms with Gasteiger partial charge in [0.25, 0.3) is 0 Å². The molecule has 2 aliphatic rings. The predicted octanol–water partition coefficient (Wildman–Crippen LogP) is 4.55. The van der Waals surface area contributed by atoms with E-state index in [0.717, 1.165) is 36.4 Å². The van der Waals surface area contributed by atoms with Crippen LogP contribution in [-0.4, -0.2) is 37.7 Å². The second-order valence-electron chi connectivity index (χ2n) is 7.14. The highest BCUT2D eigenvalue weighted by molar-refractivity contribution is 7.71. The molecule has 2 aromatic rings. The van der Waals surface area contributed by atoms with E-state index in [1.807, 2.05) is 29.0 Å². The van der Waals surface area contributed by atoms with Gasteiger partial charge in [0.2, 0.25) is 5.91 Å². The lowest BCUT2D eigenvalue weighted by atomic mass is 9.93. The summed E-state index contributed by atoms with van der Waals surface area (Å²) < 4.78 is 2.41. The Labute approximate surface area is 157 Å². The first-order chi connectivity index (χ1) is 12.2. The number of carbonyl (C=O) groups is 1. The third-order valence-electron chi connectivity index (χ3n) is 5.35. The van der Waals surface area contributed by atoms with Crippen LogP contribution in [0.3, 0.4) is 0 Å². The second-order valence-corrected chi connectivity index (χ2v) is 8.48. The van der Waals surface area contributed by atoms with Crippen LogP contribution in [0.25, 0.3) is 10.7 Å². The summed E-state index contributed by atoms with van der Waals surface area (Å²) in [6, 6.07) is 4.52. The van der Waals surface area contributed by atoms with Crippen molar-refractivity contribution >= 4 is 29.5 Å². The zero-order chi connectivity index (χ0) is 17.4. The van der Waals surface area contributed by atoms with E-state index < -0.39 is 0 Å². The number of hydrogen-bond donors (Lipinski definition) is 1. The maximum atomic E-state index is 13.4. The largest absolute Gasteiger partial charge is 0.335 e. The normalized spacial score (nSPS) is 19.7. The van der Waals surface area contributed by atoms with Gasteiger partial charge in [-0.05, 0) is 56.3 Å². The summed E-state index contributed by atoms with van der Waals surface area (Å²) >= 11 is 7.06. The highest BCUT2D eigenvalue weighted by Crippen LogP contribution is 2.36. The number of H-pyrrole nitrogens is 1. The first-order valence-corrected chi connectivity index (χ1v) is 10.5. The van der Waals surface area contributed by atoms with Crippen LogP contribution in [0.2, 0.25) is 0 Å². The fourth-order valence-electron chi connectivity index (χ4n) is 3.94. The average Bonchev–Trinajstić information content (AvgIpc) is 3.16. The molecule has 1 atom stereocenters. The van der Waals surface area contributed by atoms with Crippen LogP contribution in [0, 0.1) is 4.77 Å². The first kappa shape index (κ1) is 17.0. The topological polar surface area (TPSA) is 53.9 Å². The van der Waals surface area contributed by atoms with Crippen molar-refractivity contribution in [2.24, 2.45) is 0 Å². The van der Waals surface area contributed by atoms with Crippen molar-refractivity contribution in [1.29, 1.82) is 0 Å². The summed E-state index contributed by atoms with van der Waals surface area (Å²) in [5.74, 6) is 0.963. The number of rotatable bonds is 5. The lowest BCUT2D eigenvalue weighted by molar-refractivity contribution is -0.138. The Morgan fingerprint density at radius 2 is 2.04 bits per heavy atom. The molecular weight excluding hydrogens is 352 g/mol. The third kappa shape index (κ3) is 3.31. The molecule has 0 spiro atoms. The van der Waals surface area contributed by atoms with E-state index in [-0.39, 0.29) is 11.9 Å². The molecule has 0 radical (unpaired) electrons. The summed E-state index contributed by atoms with van der Waals surface area (Å²) in [6.45, 7) is 1.96. The van der Waals surface area contributed by atoms with Gasteiger partial charge in [0.05, 0.1) is 4.88 Å². The number of amides is 1. The Morgan fingerprint density at radius 3 is 2.68 bits per heavy atom. The van der Waals surface area contributed by atoms with E-state index in [4.69, 9.17) is 12.2 Å². The fraction of sp³-hybridized carbons (Fsp3) is 0.611. The van der Waals surface area contributed by atoms with Gasteiger partial charge in [-0.15, -0.1) is 11.3 Å². The smallest absolute Gasteiger partial charge is 0.246 e. The molecule has 4 rings (SSSR count). The minimum atomic E-state index is -0.328. The molecule has 7 heteroatoms. The molecule has 5 nitrogen and oxygen atoms in total. The van der Waals surface area contributed by atoms with Gasteiger partial charge in [0, 0.05) is 12.1 Å². The number of aromatic amines is 1. The Hall–Kier alpha value is -1.47. The molecule has 2 heterocycles. The highest BCUT2D eigenvalue weighted by atomic mass is 32.1. The van der Waals surface area contributed by atoms with Crippen molar-refractivity contribution in [3.05, 3.63) is 22.3 Å². The SMILES string of the molecule is CC(C(=O)N(C1CCCCC1)C1CC1)n1c(-c2cccs2)n[nH]c1=S. The summed E-state index contributed by atoms with van der Waals surface area (Å²) in [4.78, 5) is 16.6. The molecule has 0 saturated heterocycles. The standard InChI is InChI=1S/C18H24N4OS2/c1-12(21-16(19-20-18(21)24)15-8-5-11-25-15)17(23)22(14-9-10-14)13-6-3-2-4-7-13/h5,8,11-14H,2-4,6-7,9-10H2,1H3,(H,20,24). The van der Waals surface area contributed by atoms with Crippen LogP contribution in [0.5, 0.6) is 0 Å². The molecule has 2 aromatic heterocycles. The van der Waals surface area contributed by atoms with Crippen molar-refractivity contribution in [2.75, 3.05) is 0 Å². The van der Waals surface area contributed by atoms with Gasteiger partial charge in [0.1, 0.15) is 6.04 Å². The van der Waals surface area contributed by atoms with Crippen LogP contribution in [-0.2, 0) is 4.79 Å². The molecule has 25 heavy (non-hydrogen) atoms. The minimum Gasteiger partial charge on any atom is -0.335 e. The van der Waals surface area contributed by atoms with Gasteiger partial charge < -0.3 is 4.90 Å². The van der Waals surface area contributed by atoms with Gasteiger partial charge in [-0.2, -0.15) is 5.10 Å². The van der Waals surface area contributed by atoms with Crippen LogP contribution < -0.4 is 0 Å². The molecule has 0 aliphatic heterocycles. The maximum Gasteiger partial charge on any atom is 0.246 e. The molecule has 1 N–H and O–H groups in total. The van der Waals surface area contributed by atoms with Crippen LogP contribution in [0.15, 0.2) is 17.5 Å². The van der Waals surface area contributed by atoms with Crippen LogP contribution in [0.4, 0.5) is 0 Å².